The summed E-state index contributed by atoms with van der Waals surface area (Å²) in [6.07, 6.45) is 2.45. The van der Waals surface area contributed by atoms with E-state index in [1.165, 1.54) is 12.1 Å². The summed E-state index contributed by atoms with van der Waals surface area (Å²) in [4.78, 5) is 24.8. The molecule has 0 aliphatic heterocycles. The zero-order chi connectivity index (χ0) is 21.5. The number of anilines is 2. The number of carbonyl (C=O) groups excluding carboxylic acids is 1. The van der Waals surface area contributed by atoms with Crippen molar-refractivity contribution in [1.82, 2.24) is 15.0 Å². The van der Waals surface area contributed by atoms with E-state index in [0.717, 1.165) is 6.07 Å². The maximum Gasteiger partial charge on any atom is 0.333 e. The van der Waals surface area contributed by atoms with Crippen LogP contribution in [0, 0.1) is 18.7 Å². The maximum atomic E-state index is 14.9. The second-order valence-corrected chi connectivity index (χ2v) is 7.30. The van der Waals surface area contributed by atoms with Crippen molar-refractivity contribution in [3.63, 3.8) is 0 Å². The van der Waals surface area contributed by atoms with Crippen molar-refractivity contribution in [1.29, 1.82) is 0 Å². The molecule has 0 saturated heterocycles. The number of nitrogens with one attached hydrogen (secondary N) is 2. The molecule has 9 heteroatoms. The monoisotopic (exact) mass is 415 g/mol. The molecule has 0 spiro atoms. The van der Waals surface area contributed by atoms with Crippen molar-refractivity contribution in [2.45, 2.75) is 32.2 Å². The molecule has 0 radical (unpaired) electrons. The van der Waals surface area contributed by atoms with E-state index < -0.39 is 29.0 Å². The van der Waals surface area contributed by atoms with Crippen LogP contribution >= 0.6 is 0 Å². The van der Waals surface area contributed by atoms with Gasteiger partial charge < -0.3 is 10.6 Å². The van der Waals surface area contributed by atoms with Crippen molar-refractivity contribution >= 4 is 28.3 Å². The van der Waals surface area contributed by atoms with E-state index in [4.69, 9.17) is 0 Å². The van der Waals surface area contributed by atoms with Gasteiger partial charge in [0, 0.05) is 30.5 Å². The third-order valence-corrected chi connectivity index (χ3v) is 5.07. The lowest BCUT2D eigenvalue weighted by atomic mass is 9.98. The van der Waals surface area contributed by atoms with E-state index >= 15 is 0 Å². The first-order chi connectivity index (χ1) is 14.3. The van der Waals surface area contributed by atoms with Crippen LogP contribution in [0.3, 0.4) is 0 Å². The van der Waals surface area contributed by atoms with Crippen LogP contribution in [0.5, 0.6) is 0 Å². The topological polar surface area (TPSA) is 79.8 Å². The number of hydrogen-bond acceptors (Lipinski definition) is 6. The summed E-state index contributed by atoms with van der Waals surface area (Å²) in [5, 5.41) is 6.58. The number of hydrogen-bond donors (Lipinski definition) is 2. The molecule has 1 aromatic carbocycles. The predicted octanol–water partition coefficient (Wildman–Crippen LogP) is 4.20. The summed E-state index contributed by atoms with van der Waals surface area (Å²) in [6, 6.07) is 5.44. The van der Waals surface area contributed by atoms with Gasteiger partial charge in [0.05, 0.1) is 17.3 Å². The molecule has 0 bridgehead atoms. The van der Waals surface area contributed by atoms with Crippen LogP contribution < -0.4 is 10.6 Å². The first-order valence-electron chi connectivity index (χ1n) is 9.57. The number of Topliss-reactive ketones (excluding diaryl/α,β-unsaturated/α-hetero) is 1. The molecule has 156 valence electrons. The molecule has 6 nitrogen and oxygen atoms in total. The second-order valence-electron chi connectivity index (χ2n) is 7.30. The average molecular weight is 415 g/mol. The molecule has 2 heterocycles. The zero-order valence-corrected chi connectivity index (χ0v) is 16.5. The van der Waals surface area contributed by atoms with Gasteiger partial charge >= 0.3 is 5.92 Å². The van der Waals surface area contributed by atoms with Crippen LogP contribution in [-0.4, -0.2) is 27.8 Å². The number of alkyl halides is 2. The van der Waals surface area contributed by atoms with Gasteiger partial charge in [0.1, 0.15) is 23.3 Å². The fourth-order valence-corrected chi connectivity index (χ4v) is 3.29. The standard InChI is InChI=1S/C21H20F3N5O/c1-11-28-16-10-26-17(25-2)8-14(16)20(29-11)27-9-13-4-3-5-15(18(13)22)21(23,24)19(30)12-6-7-12/h3-5,8,10,12H,6-7,9H2,1-2H3,(H,25,26)(H,27,28,29). The van der Waals surface area contributed by atoms with E-state index in [1.807, 2.05) is 0 Å². The molecular weight excluding hydrogens is 395 g/mol. The molecular formula is C21H20F3N5O. The maximum absolute atomic E-state index is 14.9. The van der Waals surface area contributed by atoms with Crippen LogP contribution in [0.25, 0.3) is 10.9 Å². The quantitative estimate of drug-likeness (QED) is 0.602. The predicted molar refractivity (Wildman–Crippen MR) is 107 cm³/mol. The molecule has 1 fully saturated rings. The van der Waals surface area contributed by atoms with Crippen molar-refractivity contribution in [2.75, 3.05) is 17.7 Å². The van der Waals surface area contributed by atoms with E-state index in [1.54, 1.807) is 26.2 Å². The number of aromatic nitrogens is 3. The van der Waals surface area contributed by atoms with Gasteiger partial charge in [-0.1, -0.05) is 12.1 Å². The lowest BCUT2D eigenvalue weighted by molar-refractivity contribution is -0.146. The van der Waals surface area contributed by atoms with Crippen molar-refractivity contribution in [3.8, 4) is 0 Å². The van der Waals surface area contributed by atoms with Gasteiger partial charge in [-0.15, -0.1) is 0 Å². The highest BCUT2D eigenvalue weighted by atomic mass is 19.3. The van der Waals surface area contributed by atoms with E-state index in [9.17, 15) is 18.0 Å². The largest absolute Gasteiger partial charge is 0.373 e. The van der Waals surface area contributed by atoms with Crippen LogP contribution in [0.2, 0.25) is 0 Å². The Morgan fingerprint density at radius 2 is 2.03 bits per heavy atom. The third kappa shape index (κ3) is 3.67. The van der Waals surface area contributed by atoms with Gasteiger partial charge in [0.25, 0.3) is 0 Å². The van der Waals surface area contributed by atoms with E-state index in [-0.39, 0.29) is 12.1 Å². The van der Waals surface area contributed by atoms with Crippen molar-refractivity contribution in [3.05, 3.63) is 53.2 Å². The Labute approximate surface area is 171 Å². The first kappa shape index (κ1) is 20.1. The molecule has 1 aliphatic carbocycles. The van der Waals surface area contributed by atoms with Gasteiger partial charge in [-0.2, -0.15) is 8.78 Å². The summed E-state index contributed by atoms with van der Waals surface area (Å²) in [5.74, 6) is -5.29. The zero-order valence-electron chi connectivity index (χ0n) is 16.5. The number of ketones is 1. The van der Waals surface area contributed by atoms with Crippen LogP contribution in [0.15, 0.2) is 30.5 Å². The minimum atomic E-state index is -3.84. The third-order valence-electron chi connectivity index (χ3n) is 5.07. The molecule has 3 aromatic rings. The average Bonchev–Trinajstić information content (AvgIpc) is 3.57. The van der Waals surface area contributed by atoms with Crippen LogP contribution in [-0.2, 0) is 17.3 Å². The Balaban J connectivity index is 1.64. The summed E-state index contributed by atoms with van der Waals surface area (Å²) >= 11 is 0. The molecule has 1 aliphatic rings. The summed E-state index contributed by atoms with van der Waals surface area (Å²) in [6.45, 7) is 1.62. The van der Waals surface area contributed by atoms with Crippen molar-refractivity contribution < 1.29 is 18.0 Å². The number of rotatable bonds is 7. The van der Waals surface area contributed by atoms with E-state index in [2.05, 4.69) is 25.6 Å². The van der Waals surface area contributed by atoms with Gasteiger partial charge in [-0.05, 0) is 31.9 Å². The smallest absolute Gasteiger partial charge is 0.333 e. The Morgan fingerprint density at radius 1 is 1.27 bits per heavy atom. The normalized spacial score (nSPS) is 14.0. The number of fused-ring (bicyclic) bond motifs is 1. The van der Waals surface area contributed by atoms with Gasteiger partial charge in [-0.25, -0.2) is 19.3 Å². The van der Waals surface area contributed by atoms with Gasteiger partial charge in [-0.3, -0.25) is 4.79 Å². The molecule has 30 heavy (non-hydrogen) atoms. The summed E-state index contributed by atoms with van der Waals surface area (Å²) in [7, 11) is 1.72. The fourth-order valence-electron chi connectivity index (χ4n) is 3.29. The molecule has 1 saturated carbocycles. The highest BCUT2D eigenvalue weighted by Crippen LogP contribution is 2.42. The lowest BCUT2D eigenvalue weighted by Gasteiger charge is -2.18. The molecule has 0 atom stereocenters. The summed E-state index contributed by atoms with van der Waals surface area (Å²) < 4.78 is 44.0. The Hall–Kier alpha value is -3.23. The second kappa shape index (κ2) is 7.55. The SMILES string of the molecule is CNc1cc2c(NCc3cccc(C(F)(F)C(=O)C4CC4)c3F)nc(C)nc2cn1. The number of nitrogens with zero attached hydrogens (tertiary/aromatic N) is 3. The molecule has 4 rings (SSSR count). The van der Waals surface area contributed by atoms with Gasteiger partial charge in [0.2, 0.25) is 5.78 Å². The molecule has 0 unspecified atom stereocenters. The number of aryl methyl sites for hydroxylation is 1. The van der Waals surface area contributed by atoms with Gasteiger partial charge in [0.15, 0.2) is 0 Å². The number of benzene rings is 1. The molecule has 2 aromatic heterocycles. The minimum absolute atomic E-state index is 0.0167. The minimum Gasteiger partial charge on any atom is -0.373 e. The Bertz CT molecular complexity index is 1130. The molecule has 2 N–H and O–H groups in total. The van der Waals surface area contributed by atoms with Crippen LogP contribution in [0.1, 0.15) is 29.8 Å². The highest BCUT2D eigenvalue weighted by molar-refractivity contribution is 5.91. The van der Waals surface area contributed by atoms with Crippen molar-refractivity contribution in [2.24, 2.45) is 5.92 Å². The van der Waals surface area contributed by atoms with E-state index in [0.29, 0.717) is 41.2 Å². The molecule has 0 amide bonds. The summed E-state index contributed by atoms with van der Waals surface area (Å²) in [5.41, 5.74) is -0.271. The fraction of sp³-hybridized carbons (Fsp3) is 0.333. The first-order valence-corrected chi connectivity index (χ1v) is 9.57. The van der Waals surface area contributed by atoms with Crippen LogP contribution in [0.4, 0.5) is 24.8 Å². The number of pyridine rings is 1. The lowest BCUT2D eigenvalue weighted by Crippen LogP contribution is -2.29. The Morgan fingerprint density at radius 3 is 2.73 bits per heavy atom. The number of carbonyl (C=O) groups is 1. The number of halogens is 3. The Kier molecular flexibility index (Phi) is 5.05. The highest BCUT2D eigenvalue weighted by Gasteiger charge is 2.49.